The Kier molecular flexibility index (Phi) is 5.40. The lowest BCUT2D eigenvalue weighted by molar-refractivity contribution is -0.135. The van der Waals surface area contributed by atoms with Crippen LogP contribution in [0.15, 0.2) is 30.6 Å². The van der Waals surface area contributed by atoms with E-state index in [9.17, 15) is 4.79 Å². The second-order valence-corrected chi connectivity index (χ2v) is 8.09. The molecule has 1 aliphatic heterocycles. The molecule has 31 heavy (non-hydrogen) atoms. The molecule has 0 radical (unpaired) electrons. The van der Waals surface area contributed by atoms with Gasteiger partial charge in [0.2, 0.25) is 5.91 Å². The normalized spacial score (nSPS) is 17.5. The maximum atomic E-state index is 12.7. The van der Waals surface area contributed by atoms with Crippen LogP contribution < -0.4 is 9.64 Å². The second kappa shape index (κ2) is 8.49. The molecule has 3 aromatic rings. The van der Waals surface area contributed by atoms with Crippen molar-refractivity contribution in [3.8, 4) is 11.4 Å². The molecule has 0 unspecified atom stereocenters. The number of hydrogen-bond donors (Lipinski definition) is 0. The molecule has 2 aliphatic rings. The average Bonchev–Trinajstić information content (AvgIpc) is 3.50. The highest BCUT2D eigenvalue weighted by molar-refractivity contribution is 5.84. The predicted molar refractivity (Wildman–Crippen MR) is 116 cm³/mol. The van der Waals surface area contributed by atoms with Crippen molar-refractivity contribution in [1.82, 2.24) is 29.9 Å². The zero-order chi connectivity index (χ0) is 21.2. The van der Waals surface area contributed by atoms with Crippen molar-refractivity contribution < 1.29 is 9.53 Å². The van der Waals surface area contributed by atoms with Crippen LogP contribution in [0.25, 0.3) is 16.9 Å². The zero-order valence-corrected chi connectivity index (χ0v) is 17.8. The van der Waals surface area contributed by atoms with Crippen molar-refractivity contribution in [2.45, 2.75) is 32.6 Å². The number of hydrogen-bond acceptors (Lipinski definition) is 7. The molecule has 162 valence electrons. The first-order valence-electron chi connectivity index (χ1n) is 11.1. The summed E-state index contributed by atoms with van der Waals surface area (Å²) in [5.41, 5.74) is 2.20. The lowest BCUT2D eigenvalue weighted by Gasteiger charge is -2.36. The largest absolute Gasteiger partial charge is 0.494 e. The monoisotopic (exact) mass is 421 g/mol. The summed E-state index contributed by atoms with van der Waals surface area (Å²) in [6.07, 6.45) is 6.00. The smallest absolute Gasteiger partial charge is 0.225 e. The first-order chi connectivity index (χ1) is 15.2. The molecule has 0 N–H and O–H groups in total. The SMILES string of the molecule is CCOc1ccc(-n2nnc3c(N4CCN(C(=O)C5CCCC5)CC4)ncnc32)cc1. The molecule has 1 amide bonds. The Labute approximate surface area is 181 Å². The lowest BCUT2D eigenvalue weighted by atomic mass is 10.1. The van der Waals surface area contributed by atoms with E-state index < -0.39 is 0 Å². The van der Waals surface area contributed by atoms with Crippen LogP contribution in [0.3, 0.4) is 0 Å². The van der Waals surface area contributed by atoms with E-state index in [1.165, 1.54) is 12.8 Å². The van der Waals surface area contributed by atoms with E-state index in [2.05, 4.69) is 25.2 Å². The van der Waals surface area contributed by atoms with Gasteiger partial charge in [-0.1, -0.05) is 18.1 Å². The van der Waals surface area contributed by atoms with Crippen molar-refractivity contribution in [2.75, 3.05) is 37.7 Å². The number of piperazine rings is 1. The van der Waals surface area contributed by atoms with Gasteiger partial charge in [-0.15, -0.1) is 5.10 Å². The van der Waals surface area contributed by atoms with E-state index in [0.29, 0.717) is 36.8 Å². The van der Waals surface area contributed by atoms with E-state index in [4.69, 9.17) is 4.74 Å². The summed E-state index contributed by atoms with van der Waals surface area (Å²) in [6, 6.07) is 7.70. The minimum absolute atomic E-state index is 0.228. The molecule has 5 rings (SSSR count). The fraction of sp³-hybridized carbons (Fsp3) is 0.500. The van der Waals surface area contributed by atoms with Gasteiger partial charge in [-0.2, -0.15) is 4.68 Å². The first kappa shape index (κ1) is 19.7. The number of benzene rings is 1. The van der Waals surface area contributed by atoms with E-state index in [1.807, 2.05) is 36.1 Å². The standard InChI is InChI=1S/C22H27N7O2/c1-2-31-18-9-7-17(8-10-18)29-21-19(25-26-29)20(23-15-24-21)27-11-13-28(14-12-27)22(30)16-5-3-4-6-16/h7-10,15-16H,2-6,11-14H2,1H3. The third-order valence-corrected chi connectivity index (χ3v) is 6.21. The Morgan fingerprint density at radius 3 is 2.52 bits per heavy atom. The highest BCUT2D eigenvalue weighted by atomic mass is 16.5. The van der Waals surface area contributed by atoms with Crippen LogP contribution in [0.5, 0.6) is 5.75 Å². The molecule has 2 fully saturated rings. The molecule has 1 aromatic carbocycles. The average molecular weight is 422 g/mol. The number of anilines is 1. The fourth-order valence-electron chi connectivity index (χ4n) is 4.56. The van der Waals surface area contributed by atoms with Gasteiger partial charge in [0, 0.05) is 32.1 Å². The molecule has 9 nitrogen and oxygen atoms in total. The van der Waals surface area contributed by atoms with Crippen molar-refractivity contribution in [2.24, 2.45) is 5.92 Å². The molecule has 2 aromatic heterocycles. The molecule has 9 heteroatoms. The highest BCUT2D eigenvalue weighted by Crippen LogP contribution is 2.28. The van der Waals surface area contributed by atoms with Gasteiger partial charge < -0.3 is 14.5 Å². The highest BCUT2D eigenvalue weighted by Gasteiger charge is 2.30. The number of ether oxygens (including phenoxy) is 1. The molecular weight excluding hydrogens is 394 g/mol. The van der Waals surface area contributed by atoms with Crippen LogP contribution in [0.4, 0.5) is 5.82 Å². The minimum atomic E-state index is 0.228. The molecule has 1 saturated heterocycles. The summed E-state index contributed by atoms with van der Waals surface area (Å²) >= 11 is 0. The Balaban J connectivity index is 1.34. The molecule has 0 spiro atoms. The molecule has 3 heterocycles. The Morgan fingerprint density at radius 1 is 1.06 bits per heavy atom. The van der Waals surface area contributed by atoms with Crippen LogP contribution >= 0.6 is 0 Å². The van der Waals surface area contributed by atoms with E-state index >= 15 is 0 Å². The second-order valence-electron chi connectivity index (χ2n) is 8.09. The molecule has 1 saturated carbocycles. The first-order valence-corrected chi connectivity index (χ1v) is 11.1. The van der Waals surface area contributed by atoms with E-state index in [1.54, 1.807) is 11.0 Å². The summed E-state index contributed by atoms with van der Waals surface area (Å²) in [6.45, 7) is 5.49. The van der Waals surface area contributed by atoms with Gasteiger partial charge in [0.1, 0.15) is 12.1 Å². The minimum Gasteiger partial charge on any atom is -0.494 e. The number of amides is 1. The molecule has 0 atom stereocenters. The van der Waals surface area contributed by atoms with E-state index in [-0.39, 0.29) is 5.92 Å². The van der Waals surface area contributed by atoms with Gasteiger partial charge in [0.25, 0.3) is 0 Å². The van der Waals surface area contributed by atoms with Gasteiger partial charge in [0.15, 0.2) is 17.0 Å². The summed E-state index contributed by atoms with van der Waals surface area (Å²) in [5, 5.41) is 8.70. The van der Waals surface area contributed by atoms with Crippen molar-refractivity contribution in [1.29, 1.82) is 0 Å². The van der Waals surface area contributed by atoms with E-state index in [0.717, 1.165) is 43.2 Å². The van der Waals surface area contributed by atoms with Gasteiger partial charge >= 0.3 is 0 Å². The third-order valence-electron chi connectivity index (χ3n) is 6.21. The molecular formula is C22H27N7O2. The number of fused-ring (bicyclic) bond motifs is 1. The maximum Gasteiger partial charge on any atom is 0.225 e. The molecule has 0 bridgehead atoms. The van der Waals surface area contributed by atoms with Crippen molar-refractivity contribution in [3.63, 3.8) is 0 Å². The van der Waals surface area contributed by atoms with Gasteiger partial charge in [-0.3, -0.25) is 4.79 Å². The molecule has 1 aliphatic carbocycles. The number of nitrogens with zero attached hydrogens (tertiary/aromatic N) is 7. The Hall–Kier alpha value is -3.23. The lowest BCUT2D eigenvalue weighted by Crippen LogP contribution is -2.50. The number of carbonyl (C=O) groups excluding carboxylic acids is 1. The summed E-state index contributed by atoms with van der Waals surface area (Å²) in [7, 11) is 0. The van der Waals surface area contributed by atoms with Gasteiger partial charge in [-0.05, 0) is 44.0 Å². The number of rotatable bonds is 5. The fourth-order valence-corrected chi connectivity index (χ4v) is 4.56. The van der Waals surface area contributed by atoms with Crippen LogP contribution in [0.2, 0.25) is 0 Å². The van der Waals surface area contributed by atoms with Gasteiger partial charge in [0.05, 0.1) is 12.3 Å². The third kappa shape index (κ3) is 3.80. The maximum absolute atomic E-state index is 12.7. The van der Waals surface area contributed by atoms with Crippen LogP contribution in [-0.2, 0) is 4.79 Å². The number of carbonyl (C=O) groups is 1. The summed E-state index contributed by atoms with van der Waals surface area (Å²) < 4.78 is 7.23. The van der Waals surface area contributed by atoms with Crippen LogP contribution in [0.1, 0.15) is 32.6 Å². The van der Waals surface area contributed by atoms with Gasteiger partial charge in [-0.25, -0.2) is 9.97 Å². The Morgan fingerprint density at radius 2 is 1.81 bits per heavy atom. The number of aromatic nitrogens is 5. The van der Waals surface area contributed by atoms with Crippen LogP contribution in [0, 0.1) is 5.92 Å². The zero-order valence-electron chi connectivity index (χ0n) is 17.8. The topological polar surface area (TPSA) is 89.3 Å². The van der Waals surface area contributed by atoms with Crippen molar-refractivity contribution in [3.05, 3.63) is 30.6 Å². The summed E-state index contributed by atoms with van der Waals surface area (Å²) in [4.78, 5) is 25.9. The van der Waals surface area contributed by atoms with Crippen LogP contribution in [-0.4, -0.2) is 68.6 Å². The summed E-state index contributed by atoms with van der Waals surface area (Å²) in [5.74, 6) is 2.14. The van der Waals surface area contributed by atoms with Crippen molar-refractivity contribution >= 4 is 22.9 Å². The Bertz CT molecular complexity index is 1050. The quantitative estimate of drug-likeness (QED) is 0.625. The predicted octanol–water partition coefficient (Wildman–Crippen LogP) is 2.45.